The number of carbonyl (C=O) groups is 3. The zero-order chi connectivity index (χ0) is 14.6. The van der Waals surface area contributed by atoms with Gasteiger partial charge in [-0.2, -0.15) is 0 Å². The van der Waals surface area contributed by atoms with Crippen molar-refractivity contribution in [3.63, 3.8) is 0 Å². The second kappa shape index (κ2) is 6.33. The Kier molecular flexibility index (Phi) is 5.05. The summed E-state index contributed by atoms with van der Waals surface area (Å²) in [5.74, 6) is -2.68. The average Bonchev–Trinajstić information content (AvgIpc) is 2.31. The molecule has 0 saturated carbocycles. The first-order valence-corrected chi connectivity index (χ1v) is 6.19. The molecule has 7 heteroatoms. The Morgan fingerprint density at radius 2 is 2.05 bits per heavy atom. The minimum Gasteiger partial charge on any atom is -0.480 e. The Bertz CT molecular complexity index is 530. The number of nitrogens with two attached hydrogens (primary N) is 1. The summed E-state index contributed by atoms with van der Waals surface area (Å²) in [7, 11) is 0. The van der Waals surface area contributed by atoms with Crippen LogP contribution >= 0.6 is 15.9 Å². The number of primary amides is 1. The lowest BCUT2D eigenvalue weighted by Crippen LogP contribution is -2.43. The molecule has 0 aromatic heterocycles. The van der Waals surface area contributed by atoms with Gasteiger partial charge in [-0.15, -0.1) is 0 Å². The van der Waals surface area contributed by atoms with Gasteiger partial charge in [-0.05, 0) is 34.5 Å². The summed E-state index contributed by atoms with van der Waals surface area (Å²) in [4.78, 5) is 33.6. The minimum atomic E-state index is -1.34. The third-order valence-electron chi connectivity index (χ3n) is 2.45. The molecule has 0 bridgehead atoms. The van der Waals surface area contributed by atoms with Gasteiger partial charge in [0.1, 0.15) is 6.04 Å². The molecule has 0 saturated heterocycles. The number of carboxylic acids is 1. The molecule has 1 unspecified atom stereocenters. The van der Waals surface area contributed by atoms with Gasteiger partial charge in [0.15, 0.2) is 0 Å². The molecular formula is C12H13BrN2O4. The van der Waals surface area contributed by atoms with Crippen molar-refractivity contribution in [1.29, 1.82) is 0 Å². The maximum absolute atomic E-state index is 12.0. The Morgan fingerprint density at radius 1 is 1.42 bits per heavy atom. The Balaban J connectivity index is 2.91. The monoisotopic (exact) mass is 328 g/mol. The molecule has 6 nitrogen and oxygen atoms in total. The van der Waals surface area contributed by atoms with E-state index in [9.17, 15) is 14.4 Å². The fourth-order valence-electron chi connectivity index (χ4n) is 1.46. The van der Waals surface area contributed by atoms with Gasteiger partial charge in [0, 0.05) is 4.47 Å². The van der Waals surface area contributed by atoms with Crippen LogP contribution < -0.4 is 11.1 Å². The number of hydrogen-bond acceptors (Lipinski definition) is 3. The fraction of sp³-hybridized carbons (Fsp3) is 0.250. The van der Waals surface area contributed by atoms with E-state index in [1.165, 1.54) is 0 Å². The van der Waals surface area contributed by atoms with Gasteiger partial charge in [-0.25, -0.2) is 4.79 Å². The summed E-state index contributed by atoms with van der Waals surface area (Å²) in [6.07, 6.45) is -0.454. The molecule has 0 aliphatic rings. The van der Waals surface area contributed by atoms with Crippen LogP contribution in [-0.2, 0) is 9.59 Å². The summed E-state index contributed by atoms with van der Waals surface area (Å²) in [5.41, 5.74) is 6.08. The van der Waals surface area contributed by atoms with Crippen molar-refractivity contribution in [3.8, 4) is 0 Å². The quantitative estimate of drug-likeness (QED) is 0.743. The molecule has 1 aromatic rings. The normalized spacial score (nSPS) is 11.7. The van der Waals surface area contributed by atoms with Crippen LogP contribution in [0.15, 0.2) is 22.7 Å². The number of hydrogen-bond donors (Lipinski definition) is 3. The zero-order valence-corrected chi connectivity index (χ0v) is 11.7. The molecule has 0 fully saturated rings. The lowest BCUT2D eigenvalue weighted by atomic mass is 10.1. The van der Waals surface area contributed by atoms with E-state index >= 15 is 0 Å². The molecule has 0 spiro atoms. The molecule has 102 valence electrons. The molecule has 4 N–H and O–H groups in total. The topological polar surface area (TPSA) is 109 Å². The number of rotatable bonds is 5. The van der Waals surface area contributed by atoms with E-state index in [-0.39, 0.29) is 0 Å². The van der Waals surface area contributed by atoms with E-state index in [2.05, 4.69) is 21.2 Å². The SMILES string of the molecule is Cc1cccc(C(=O)NC(CC(N)=O)C(=O)O)c1Br. The lowest BCUT2D eigenvalue weighted by Gasteiger charge is -2.14. The summed E-state index contributed by atoms with van der Waals surface area (Å²) >= 11 is 3.26. The minimum absolute atomic E-state index is 0.302. The number of nitrogens with one attached hydrogen (secondary N) is 1. The fourth-order valence-corrected chi connectivity index (χ4v) is 1.90. The highest BCUT2D eigenvalue weighted by Gasteiger charge is 2.23. The number of amides is 2. The van der Waals surface area contributed by atoms with E-state index < -0.39 is 30.2 Å². The lowest BCUT2D eigenvalue weighted by molar-refractivity contribution is -0.140. The van der Waals surface area contributed by atoms with Crippen LogP contribution in [0.25, 0.3) is 0 Å². The van der Waals surface area contributed by atoms with Gasteiger partial charge in [0.25, 0.3) is 5.91 Å². The molecule has 1 aromatic carbocycles. The molecular weight excluding hydrogens is 316 g/mol. The second-order valence-electron chi connectivity index (χ2n) is 3.97. The first-order chi connectivity index (χ1) is 8.82. The van der Waals surface area contributed by atoms with Crippen LogP contribution in [0.4, 0.5) is 0 Å². The first-order valence-electron chi connectivity index (χ1n) is 5.40. The average molecular weight is 329 g/mol. The second-order valence-corrected chi connectivity index (χ2v) is 4.76. The van der Waals surface area contributed by atoms with Gasteiger partial charge < -0.3 is 16.2 Å². The Labute approximate surface area is 118 Å². The van der Waals surface area contributed by atoms with Gasteiger partial charge in [-0.3, -0.25) is 9.59 Å². The number of aryl methyl sites for hydroxylation is 1. The van der Waals surface area contributed by atoms with E-state index in [4.69, 9.17) is 10.8 Å². The van der Waals surface area contributed by atoms with Crippen LogP contribution in [0.2, 0.25) is 0 Å². The number of benzene rings is 1. The van der Waals surface area contributed by atoms with Crippen molar-refractivity contribution in [3.05, 3.63) is 33.8 Å². The first kappa shape index (κ1) is 15.2. The van der Waals surface area contributed by atoms with Crippen LogP contribution in [0, 0.1) is 6.92 Å². The van der Waals surface area contributed by atoms with Gasteiger partial charge >= 0.3 is 5.97 Å². The van der Waals surface area contributed by atoms with Gasteiger partial charge in [0.2, 0.25) is 5.91 Å². The molecule has 2 amide bonds. The maximum atomic E-state index is 12.0. The molecule has 0 aliphatic heterocycles. The number of carbonyl (C=O) groups excluding carboxylic acids is 2. The Hall–Kier alpha value is -1.89. The smallest absolute Gasteiger partial charge is 0.326 e. The van der Waals surface area contributed by atoms with Crippen molar-refractivity contribution in [2.45, 2.75) is 19.4 Å². The van der Waals surface area contributed by atoms with Crippen molar-refractivity contribution in [1.82, 2.24) is 5.32 Å². The van der Waals surface area contributed by atoms with E-state index in [0.29, 0.717) is 10.0 Å². The molecule has 1 atom stereocenters. The molecule has 0 heterocycles. The predicted octanol–water partition coefficient (Wildman–Crippen LogP) is 0.816. The molecule has 19 heavy (non-hydrogen) atoms. The predicted molar refractivity (Wildman–Crippen MR) is 71.6 cm³/mol. The van der Waals surface area contributed by atoms with Crippen molar-refractivity contribution >= 4 is 33.7 Å². The highest BCUT2D eigenvalue weighted by Crippen LogP contribution is 2.21. The highest BCUT2D eigenvalue weighted by atomic mass is 79.9. The van der Waals surface area contributed by atoms with Crippen molar-refractivity contribution in [2.24, 2.45) is 5.73 Å². The van der Waals surface area contributed by atoms with Crippen LogP contribution in [-0.4, -0.2) is 28.9 Å². The Morgan fingerprint density at radius 3 is 2.58 bits per heavy atom. The number of halogens is 1. The van der Waals surface area contributed by atoms with Crippen LogP contribution in [0.5, 0.6) is 0 Å². The van der Waals surface area contributed by atoms with E-state index in [1.807, 2.05) is 0 Å². The van der Waals surface area contributed by atoms with Crippen molar-refractivity contribution < 1.29 is 19.5 Å². The third-order valence-corrected chi connectivity index (χ3v) is 3.50. The van der Waals surface area contributed by atoms with E-state index in [1.54, 1.807) is 25.1 Å². The van der Waals surface area contributed by atoms with Crippen molar-refractivity contribution in [2.75, 3.05) is 0 Å². The summed E-state index contributed by atoms with van der Waals surface area (Å²) in [5, 5.41) is 11.2. The highest BCUT2D eigenvalue weighted by molar-refractivity contribution is 9.10. The van der Waals surface area contributed by atoms with Crippen LogP contribution in [0.1, 0.15) is 22.3 Å². The van der Waals surface area contributed by atoms with Crippen LogP contribution in [0.3, 0.4) is 0 Å². The summed E-state index contributed by atoms with van der Waals surface area (Å²) in [6, 6.07) is 3.70. The molecule has 1 rings (SSSR count). The number of aliphatic carboxylic acids is 1. The summed E-state index contributed by atoms with van der Waals surface area (Å²) in [6.45, 7) is 1.80. The molecule has 0 radical (unpaired) electrons. The largest absolute Gasteiger partial charge is 0.480 e. The standard InChI is InChI=1S/C12H13BrN2O4/c1-6-3-2-4-7(10(6)13)11(17)15-8(12(18)19)5-9(14)16/h2-4,8H,5H2,1H3,(H2,14,16)(H,15,17)(H,18,19). The van der Waals surface area contributed by atoms with E-state index in [0.717, 1.165) is 5.56 Å². The van der Waals surface area contributed by atoms with Gasteiger partial charge in [-0.1, -0.05) is 12.1 Å². The van der Waals surface area contributed by atoms with Gasteiger partial charge in [0.05, 0.1) is 12.0 Å². The third kappa shape index (κ3) is 4.06. The number of carboxylic acid groups (broad SMARTS) is 1. The maximum Gasteiger partial charge on any atom is 0.326 e. The summed E-state index contributed by atoms with van der Waals surface area (Å²) < 4.78 is 0.579. The zero-order valence-electron chi connectivity index (χ0n) is 10.1. The molecule has 0 aliphatic carbocycles.